The van der Waals surface area contributed by atoms with E-state index in [0.29, 0.717) is 13.0 Å². The molecule has 0 saturated carbocycles. The van der Waals surface area contributed by atoms with Crippen LogP contribution in [0, 0.1) is 13.8 Å². The van der Waals surface area contributed by atoms with Crippen molar-refractivity contribution in [3.05, 3.63) is 40.7 Å². The Balaban J connectivity index is 1.59. The molecule has 2 heterocycles. The first kappa shape index (κ1) is 18.3. The van der Waals surface area contributed by atoms with Crippen LogP contribution in [0.25, 0.3) is 0 Å². The number of H-pyrrole nitrogens is 1. The average Bonchev–Trinajstić information content (AvgIpc) is 3.18. The summed E-state index contributed by atoms with van der Waals surface area (Å²) in [6.45, 7) is 11.1. The first-order valence-electron chi connectivity index (χ1n) is 8.96. The molecule has 0 fully saturated rings. The van der Waals surface area contributed by atoms with Gasteiger partial charge in [-0.1, -0.05) is 26.8 Å². The number of rotatable bonds is 6. The van der Waals surface area contributed by atoms with Crippen LogP contribution in [0.15, 0.2) is 18.2 Å². The molecule has 1 amide bonds. The topological polar surface area (TPSA) is 76.2 Å². The summed E-state index contributed by atoms with van der Waals surface area (Å²) in [4.78, 5) is 12.5. The predicted molar refractivity (Wildman–Crippen MR) is 99.7 cm³/mol. The zero-order valence-electron chi connectivity index (χ0n) is 16.1. The minimum absolute atomic E-state index is 0.0475. The second kappa shape index (κ2) is 7.02. The number of amides is 1. The molecule has 26 heavy (non-hydrogen) atoms. The standard InChI is InChI=1S/C20H27N3O3/c1-12(19-13(2)22-23-14(19)3)8-18(24)21-10-20(4,5)15-6-7-16-17(9-15)26-11-25-16/h6-7,9,12H,8,10-11H2,1-5H3,(H,21,24)(H,22,23)/t12-/m0/s1. The summed E-state index contributed by atoms with van der Waals surface area (Å²) in [7, 11) is 0. The maximum absolute atomic E-state index is 12.5. The highest BCUT2D eigenvalue weighted by atomic mass is 16.7. The third kappa shape index (κ3) is 3.69. The van der Waals surface area contributed by atoms with Gasteiger partial charge >= 0.3 is 0 Å². The van der Waals surface area contributed by atoms with Gasteiger partial charge in [-0.05, 0) is 43.0 Å². The molecule has 6 heteroatoms. The minimum Gasteiger partial charge on any atom is -0.454 e. The van der Waals surface area contributed by atoms with Crippen LogP contribution in [0.2, 0.25) is 0 Å². The van der Waals surface area contributed by atoms with Crippen molar-refractivity contribution in [2.75, 3.05) is 13.3 Å². The fourth-order valence-electron chi connectivity index (χ4n) is 3.48. The van der Waals surface area contributed by atoms with E-state index in [9.17, 15) is 4.79 Å². The smallest absolute Gasteiger partial charge is 0.231 e. The Labute approximate surface area is 154 Å². The van der Waals surface area contributed by atoms with E-state index in [2.05, 4.69) is 36.3 Å². The SMILES string of the molecule is Cc1n[nH]c(C)c1[C@@H](C)CC(=O)NCC(C)(C)c1ccc2c(c1)OCO2. The van der Waals surface area contributed by atoms with E-state index in [1.807, 2.05) is 32.0 Å². The van der Waals surface area contributed by atoms with Gasteiger partial charge in [-0.15, -0.1) is 0 Å². The van der Waals surface area contributed by atoms with Crippen LogP contribution in [-0.2, 0) is 10.2 Å². The summed E-state index contributed by atoms with van der Waals surface area (Å²) in [5.74, 6) is 1.71. The Bertz CT molecular complexity index is 791. The second-order valence-corrected chi connectivity index (χ2v) is 7.68. The number of aryl methyl sites for hydroxylation is 2. The van der Waals surface area contributed by atoms with Crippen LogP contribution in [-0.4, -0.2) is 29.4 Å². The fraction of sp³-hybridized carbons (Fsp3) is 0.500. The Hall–Kier alpha value is -2.50. The van der Waals surface area contributed by atoms with Gasteiger partial charge < -0.3 is 14.8 Å². The van der Waals surface area contributed by atoms with Crippen LogP contribution in [0.1, 0.15) is 55.6 Å². The molecular formula is C20H27N3O3. The minimum atomic E-state index is -0.207. The Morgan fingerprint density at radius 2 is 2.04 bits per heavy atom. The summed E-state index contributed by atoms with van der Waals surface area (Å²) in [5.41, 5.74) is 4.03. The third-order valence-electron chi connectivity index (χ3n) is 5.05. The van der Waals surface area contributed by atoms with Crippen LogP contribution in [0.3, 0.4) is 0 Å². The van der Waals surface area contributed by atoms with Gasteiger partial charge in [-0.3, -0.25) is 9.89 Å². The highest BCUT2D eigenvalue weighted by molar-refractivity contribution is 5.77. The molecule has 0 bridgehead atoms. The zero-order chi connectivity index (χ0) is 18.9. The molecule has 1 aromatic heterocycles. The lowest BCUT2D eigenvalue weighted by molar-refractivity contribution is -0.121. The molecule has 0 saturated heterocycles. The summed E-state index contributed by atoms with van der Waals surface area (Å²) >= 11 is 0. The lowest BCUT2D eigenvalue weighted by Crippen LogP contribution is -2.37. The maximum Gasteiger partial charge on any atom is 0.231 e. The number of aromatic amines is 1. The lowest BCUT2D eigenvalue weighted by atomic mass is 9.84. The number of benzene rings is 1. The summed E-state index contributed by atoms with van der Waals surface area (Å²) < 4.78 is 10.8. The summed E-state index contributed by atoms with van der Waals surface area (Å²) in [6, 6.07) is 5.95. The molecule has 6 nitrogen and oxygen atoms in total. The quantitative estimate of drug-likeness (QED) is 0.831. The van der Waals surface area contributed by atoms with E-state index < -0.39 is 0 Å². The molecule has 140 valence electrons. The number of ether oxygens (including phenoxy) is 2. The number of fused-ring (bicyclic) bond motifs is 1. The lowest BCUT2D eigenvalue weighted by Gasteiger charge is -2.26. The highest BCUT2D eigenvalue weighted by Crippen LogP contribution is 2.36. The molecule has 1 aromatic carbocycles. The monoisotopic (exact) mass is 357 g/mol. The van der Waals surface area contributed by atoms with Gasteiger partial charge in [0.15, 0.2) is 11.5 Å². The van der Waals surface area contributed by atoms with E-state index in [-0.39, 0.29) is 24.0 Å². The third-order valence-corrected chi connectivity index (χ3v) is 5.05. The zero-order valence-corrected chi connectivity index (χ0v) is 16.1. The number of nitrogens with one attached hydrogen (secondary N) is 2. The van der Waals surface area contributed by atoms with Crippen molar-refractivity contribution in [1.29, 1.82) is 0 Å². The fourth-order valence-corrected chi connectivity index (χ4v) is 3.48. The molecule has 0 unspecified atom stereocenters. The van der Waals surface area contributed by atoms with Crippen molar-refractivity contribution in [2.45, 2.75) is 52.4 Å². The van der Waals surface area contributed by atoms with Crippen molar-refractivity contribution >= 4 is 5.91 Å². The maximum atomic E-state index is 12.5. The van der Waals surface area contributed by atoms with Crippen molar-refractivity contribution in [3.8, 4) is 11.5 Å². The van der Waals surface area contributed by atoms with Crippen LogP contribution in [0.4, 0.5) is 0 Å². The molecule has 1 atom stereocenters. The predicted octanol–water partition coefficient (Wildman–Crippen LogP) is 3.34. The number of aromatic nitrogens is 2. The van der Waals surface area contributed by atoms with Gasteiger partial charge in [-0.25, -0.2) is 0 Å². The van der Waals surface area contributed by atoms with Crippen LogP contribution < -0.4 is 14.8 Å². The number of carbonyl (C=O) groups is 1. The first-order chi connectivity index (χ1) is 12.3. The molecule has 0 aliphatic carbocycles. The normalized spacial score (nSPS) is 14.3. The van der Waals surface area contributed by atoms with Gasteiger partial charge in [0, 0.05) is 24.1 Å². The van der Waals surface area contributed by atoms with Gasteiger partial charge in [0.1, 0.15) is 0 Å². The van der Waals surface area contributed by atoms with Crippen LogP contribution in [0.5, 0.6) is 11.5 Å². The van der Waals surface area contributed by atoms with Gasteiger partial charge in [0.25, 0.3) is 0 Å². The van der Waals surface area contributed by atoms with Crippen molar-refractivity contribution in [1.82, 2.24) is 15.5 Å². The number of hydrogen-bond acceptors (Lipinski definition) is 4. The first-order valence-corrected chi connectivity index (χ1v) is 8.96. The molecule has 0 radical (unpaired) electrons. The molecule has 0 spiro atoms. The van der Waals surface area contributed by atoms with Gasteiger partial charge in [0.05, 0.1) is 5.69 Å². The van der Waals surface area contributed by atoms with E-state index in [1.54, 1.807) is 0 Å². The van der Waals surface area contributed by atoms with E-state index in [4.69, 9.17) is 9.47 Å². The van der Waals surface area contributed by atoms with E-state index in [1.165, 1.54) is 0 Å². The number of nitrogens with zero attached hydrogens (tertiary/aromatic N) is 1. The Morgan fingerprint density at radius 3 is 2.73 bits per heavy atom. The molecular weight excluding hydrogens is 330 g/mol. The van der Waals surface area contributed by atoms with E-state index in [0.717, 1.165) is 34.0 Å². The molecule has 1 aliphatic rings. The van der Waals surface area contributed by atoms with E-state index >= 15 is 0 Å². The van der Waals surface area contributed by atoms with Crippen molar-refractivity contribution in [2.24, 2.45) is 0 Å². The van der Waals surface area contributed by atoms with Gasteiger partial charge in [0.2, 0.25) is 12.7 Å². The summed E-state index contributed by atoms with van der Waals surface area (Å²) in [5, 5.41) is 10.3. The second-order valence-electron chi connectivity index (χ2n) is 7.68. The molecule has 3 rings (SSSR count). The Morgan fingerprint density at radius 1 is 1.31 bits per heavy atom. The number of carbonyl (C=O) groups excluding carboxylic acids is 1. The highest BCUT2D eigenvalue weighted by Gasteiger charge is 2.25. The largest absolute Gasteiger partial charge is 0.454 e. The van der Waals surface area contributed by atoms with Gasteiger partial charge in [-0.2, -0.15) is 5.10 Å². The average molecular weight is 357 g/mol. The summed E-state index contributed by atoms with van der Waals surface area (Å²) in [6.07, 6.45) is 0.443. The van der Waals surface area contributed by atoms with Crippen molar-refractivity contribution in [3.63, 3.8) is 0 Å². The number of hydrogen-bond donors (Lipinski definition) is 2. The van der Waals surface area contributed by atoms with Crippen molar-refractivity contribution < 1.29 is 14.3 Å². The Kier molecular flexibility index (Phi) is 4.94. The molecule has 1 aliphatic heterocycles. The molecule has 2 aromatic rings. The van der Waals surface area contributed by atoms with Crippen LogP contribution >= 0.6 is 0 Å². The molecule has 2 N–H and O–H groups in total.